The van der Waals surface area contributed by atoms with Crippen LogP contribution in [-0.4, -0.2) is 12.6 Å². The van der Waals surface area contributed by atoms with Crippen LogP contribution in [0, 0.1) is 0 Å². The molecular weight excluding hydrogens is 362 g/mol. The van der Waals surface area contributed by atoms with Gasteiger partial charge in [-0.1, -0.05) is 52.8 Å². The van der Waals surface area contributed by atoms with Crippen LogP contribution in [0.3, 0.4) is 0 Å². The van der Waals surface area contributed by atoms with Crippen LogP contribution in [-0.2, 0) is 27.9 Å². The number of benzene rings is 2. The smallest absolute Gasteiger partial charge is 0.403 e. The molecule has 3 nitrogen and oxygen atoms in total. The van der Waals surface area contributed by atoms with Gasteiger partial charge in [0.15, 0.2) is 12.4 Å². The molecular formula is C21H19NO2S2. The van der Waals surface area contributed by atoms with Crippen LogP contribution >= 0.6 is 11.8 Å². The molecule has 0 saturated carbocycles. The summed E-state index contributed by atoms with van der Waals surface area (Å²) in [5.41, 5.74) is 1.57. The van der Waals surface area contributed by atoms with Gasteiger partial charge < -0.3 is 17.4 Å². The van der Waals surface area contributed by atoms with Gasteiger partial charge in [0.05, 0.1) is 6.61 Å². The fourth-order valence-electron chi connectivity index (χ4n) is 2.67. The number of ether oxygens (including phenoxy) is 1. The summed E-state index contributed by atoms with van der Waals surface area (Å²) in [6, 6.07) is 20.1. The third kappa shape index (κ3) is 4.23. The fraction of sp³-hybridized carbons (Fsp3) is 0.143. The Balaban J connectivity index is 1.90. The van der Waals surface area contributed by atoms with Crippen molar-refractivity contribution in [2.75, 3.05) is 6.61 Å². The third-order valence-corrected chi connectivity index (χ3v) is 5.33. The molecule has 0 bridgehead atoms. The summed E-state index contributed by atoms with van der Waals surface area (Å²) in [7, 11) is 0. The van der Waals surface area contributed by atoms with Crippen molar-refractivity contribution in [2.24, 2.45) is 0 Å². The number of fused-ring (bicyclic) bond motifs is 1. The molecule has 0 aliphatic heterocycles. The van der Waals surface area contributed by atoms with Crippen molar-refractivity contribution in [1.82, 2.24) is 0 Å². The molecule has 3 rings (SSSR count). The van der Waals surface area contributed by atoms with Gasteiger partial charge in [-0.05, 0) is 23.3 Å². The Morgan fingerprint density at radius 2 is 1.77 bits per heavy atom. The Labute approximate surface area is 163 Å². The topological polar surface area (TPSA) is 30.2 Å². The number of carbonyl (C=O) groups excluding carboxylic acids is 1. The van der Waals surface area contributed by atoms with E-state index in [9.17, 15) is 4.79 Å². The molecule has 0 radical (unpaired) electrons. The zero-order valence-electron chi connectivity index (χ0n) is 14.4. The second-order valence-corrected chi connectivity index (χ2v) is 7.22. The van der Waals surface area contributed by atoms with Gasteiger partial charge in [0.25, 0.3) is 5.70 Å². The van der Waals surface area contributed by atoms with E-state index in [1.54, 1.807) is 23.9 Å². The summed E-state index contributed by atoms with van der Waals surface area (Å²) < 4.78 is 7.44. The first kappa shape index (κ1) is 18.4. The average molecular weight is 382 g/mol. The summed E-state index contributed by atoms with van der Waals surface area (Å²) in [6.45, 7) is 2.10. The van der Waals surface area contributed by atoms with Crippen LogP contribution in [0.15, 0.2) is 77.3 Å². The molecule has 3 aromatic rings. The van der Waals surface area contributed by atoms with Crippen LogP contribution in [0.4, 0.5) is 0 Å². The van der Waals surface area contributed by atoms with Crippen molar-refractivity contribution in [3.05, 3.63) is 82.9 Å². The van der Waals surface area contributed by atoms with Crippen molar-refractivity contribution in [1.29, 1.82) is 0 Å². The highest BCUT2D eigenvalue weighted by Gasteiger charge is 2.22. The van der Waals surface area contributed by atoms with E-state index >= 15 is 0 Å². The number of carbonyl (C=O) groups is 1. The molecule has 0 atom stereocenters. The standard InChI is InChI=1S/C21H19NO2S2/c1-2-24-20(23)19(22-13-6-3-7-14-22)21(25)26-15-17-11-8-10-16-9-4-5-12-18(16)17/h3-14H,2,15H2,1H3. The van der Waals surface area contributed by atoms with Crippen LogP contribution < -0.4 is 4.57 Å². The molecule has 26 heavy (non-hydrogen) atoms. The van der Waals surface area contributed by atoms with Gasteiger partial charge in [0.1, 0.15) is 0 Å². The van der Waals surface area contributed by atoms with Crippen molar-refractivity contribution in [2.45, 2.75) is 12.7 Å². The molecule has 1 aromatic heterocycles. The van der Waals surface area contributed by atoms with E-state index in [0.717, 1.165) is 0 Å². The van der Waals surface area contributed by atoms with Crippen molar-refractivity contribution in [3.63, 3.8) is 0 Å². The summed E-state index contributed by atoms with van der Waals surface area (Å²) >= 11 is 7.05. The molecule has 0 fully saturated rings. The molecule has 0 N–H and O–H groups in total. The lowest BCUT2D eigenvalue weighted by Gasteiger charge is -2.15. The minimum atomic E-state index is -0.404. The summed E-state index contributed by atoms with van der Waals surface area (Å²) in [5, 5.41) is 2.40. The Hall–Kier alpha value is -2.37. The number of thioether (sulfide) groups is 1. The maximum atomic E-state index is 12.4. The summed E-state index contributed by atoms with van der Waals surface area (Å²) in [6.07, 6.45) is 3.61. The van der Waals surface area contributed by atoms with E-state index < -0.39 is 5.97 Å². The van der Waals surface area contributed by atoms with Gasteiger partial charge in [0.2, 0.25) is 0 Å². The maximum absolute atomic E-state index is 12.4. The number of hydrogen-bond donors (Lipinski definition) is 0. The Morgan fingerprint density at radius 3 is 2.54 bits per heavy atom. The van der Waals surface area contributed by atoms with Crippen LogP contribution in [0.25, 0.3) is 16.5 Å². The highest BCUT2D eigenvalue weighted by molar-refractivity contribution is 8.10. The fourth-order valence-corrected chi connectivity index (χ4v) is 3.90. The van der Waals surface area contributed by atoms with E-state index in [2.05, 4.69) is 24.3 Å². The number of aromatic nitrogens is 1. The normalized spacial score (nSPS) is 11.9. The SMILES string of the molecule is CCOC(=O)/C(=C(/[S-])SCc1cccc2ccccc12)[n+]1ccccc1. The lowest BCUT2D eigenvalue weighted by atomic mass is 10.1. The second-order valence-electron chi connectivity index (χ2n) is 5.57. The van der Waals surface area contributed by atoms with E-state index in [4.69, 9.17) is 17.4 Å². The lowest BCUT2D eigenvalue weighted by molar-refractivity contribution is -0.578. The van der Waals surface area contributed by atoms with Gasteiger partial charge in [-0.15, -0.1) is 11.8 Å². The molecule has 0 saturated heterocycles. The highest BCUT2D eigenvalue weighted by atomic mass is 32.2. The quantitative estimate of drug-likeness (QED) is 0.276. The highest BCUT2D eigenvalue weighted by Crippen LogP contribution is 2.28. The molecule has 2 aromatic carbocycles. The Kier molecular flexibility index (Phi) is 6.26. The molecule has 5 heteroatoms. The molecule has 1 heterocycles. The predicted octanol–water partition coefficient (Wildman–Crippen LogP) is 4.30. The first-order chi connectivity index (χ1) is 12.7. The lowest BCUT2D eigenvalue weighted by Crippen LogP contribution is -2.37. The van der Waals surface area contributed by atoms with Crippen molar-refractivity contribution < 1.29 is 14.1 Å². The van der Waals surface area contributed by atoms with Gasteiger partial charge >= 0.3 is 5.97 Å². The first-order valence-corrected chi connectivity index (χ1v) is 9.74. The van der Waals surface area contributed by atoms with E-state index in [-0.39, 0.29) is 0 Å². The molecule has 0 spiro atoms. The zero-order valence-corrected chi connectivity index (χ0v) is 16.1. The first-order valence-electron chi connectivity index (χ1n) is 8.35. The summed E-state index contributed by atoms with van der Waals surface area (Å²) in [4.78, 5) is 12.4. The minimum Gasteiger partial charge on any atom is -0.766 e. The van der Waals surface area contributed by atoms with E-state index in [1.165, 1.54) is 28.1 Å². The maximum Gasteiger partial charge on any atom is 0.403 e. The Bertz CT molecular complexity index is 934. The average Bonchev–Trinajstić information content (AvgIpc) is 2.67. The van der Waals surface area contributed by atoms with E-state index in [1.807, 2.05) is 36.4 Å². The van der Waals surface area contributed by atoms with Crippen LogP contribution in [0.1, 0.15) is 12.5 Å². The minimum absolute atomic E-state index is 0.312. The van der Waals surface area contributed by atoms with Gasteiger partial charge in [-0.2, -0.15) is 4.57 Å². The summed E-state index contributed by atoms with van der Waals surface area (Å²) in [5.74, 6) is 0.287. The van der Waals surface area contributed by atoms with Crippen molar-refractivity contribution >= 4 is 46.8 Å². The molecule has 0 unspecified atom stereocenters. The van der Waals surface area contributed by atoms with Gasteiger partial charge in [-0.25, -0.2) is 4.79 Å². The molecule has 132 valence electrons. The molecule has 0 amide bonds. The number of pyridine rings is 1. The second kappa shape index (κ2) is 8.83. The predicted molar refractivity (Wildman–Crippen MR) is 109 cm³/mol. The van der Waals surface area contributed by atoms with Crippen LogP contribution in [0.5, 0.6) is 0 Å². The van der Waals surface area contributed by atoms with Crippen LogP contribution in [0.2, 0.25) is 0 Å². The monoisotopic (exact) mass is 381 g/mol. The van der Waals surface area contributed by atoms with Crippen molar-refractivity contribution in [3.8, 4) is 0 Å². The largest absolute Gasteiger partial charge is 0.766 e. The van der Waals surface area contributed by atoms with Gasteiger partial charge in [-0.3, -0.25) is 0 Å². The zero-order chi connectivity index (χ0) is 18.4. The number of hydrogen-bond acceptors (Lipinski definition) is 4. The number of rotatable bonds is 6. The van der Waals surface area contributed by atoms with Gasteiger partial charge in [0, 0.05) is 17.9 Å². The molecule has 0 aliphatic carbocycles. The Morgan fingerprint density at radius 1 is 1.04 bits per heavy atom. The molecule has 0 aliphatic rings. The third-order valence-electron chi connectivity index (χ3n) is 3.87. The van der Waals surface area contributed by atoms with E-state index in [0.29, 0.717) is 22.3 Å². The number of esters is 1. The number of nitrogens with zero attached hydrogens (tertiary/aromatic N) is 1.